The van der Waals surface area contributed by atoms with Crippen LogP contribution in [0.15, 0.2) is 20.3 Å². The molecule has 2 aromatic heterocycles. The quantitative estimate of drug-likeness (QED) is 0.775. The molecule has 0 atom stereocenters. The summed E-state index contributed by atoms with van der Waals surface area (Å²) in [5.41, 5.74) is 0. The van der Waals surface area contributed by atoms with Crippen LogP contribution in [-0.2, 0) is 0 Å². The zero-order valence-electron chi connectivity index (χ0n) is 6.24. The van der Waals surface area contributed by atoms with Gasteiger partial charge in [0.1, 0.15) is 0 Å². The first kappa shape index (κ1) is 7.94. The highest BCUT2D eigenvalue weighted by Gasteiger charge is 2.07. The average Bonchev–Trinajstić information content (AvgIpc) is 2.58. The molecule has 0 aliphatic heterocycles. The summed E-state index contributed by atoms with van der Waals surface area (Å²) >= 11 is 4.94. The number of thiophene rings is 1. The first-order valence-corrected chi connectivity index (χ1v) is 4.92. The van der Waals surface area contributed by atoms with E-state index in [-0.39, 0.29) is 0 Å². The van der Waals surface area contributed by atoms with Gasteiger partial charge < -0.3 is 4.42 Å². The Labute approximate surface area is 81.6 Å². The molecule has 2 heterocycles. The summed E-state index contributed by atoms with van der Waals surface area (Å²) in [6, 6.07) is 3.90. The third-order valence-electron chi connectivity index (χ3n) is 1.31. The molecule has 0 saturated heterocycles. The highest BCUT2D eigenvalue weighted by atomic mass is 79.9. The fraction of sp³-hybridized carbons (Fsp3) is 0.143. The van der Waals surface area contributed by atoms with Gasteiger partial charge in [0.05, 0.1) is 8.66 Å². The summed E-state index contributed by atoms with van der Waals surface area (Å²) in [7, 11) is 0. The van der Waals surface area contributed by atoms with Crippen molar-refractivity contribution in [2.24, 2.45) is 0 Å². The molecule has 62 valence electrons. The van der Waals surface area contributed by atoms with Gasteiger partial charge in [0, 0.05) is 6.92 Å². The molecule has 0 aromatic carbocycles. The van der Waals surface area contributed by atoms with E-state index in [1.807, 2.05) is 12.1 Å². The molecule has 0 fully saturated rings. The maximum Gasteiger partial charge on any atom is 0.257 e. The van der Waals surface area contributed by atoms with E-state index in [4.69, 9.17) is 4.42 Å². The fourth-order valence-electron chi connectivity index (χ4n) is 0.825. The summed E-state index contributed by atoms with van der Waals surface area (Å²) in [6.45, 7) is 1.78. The van der Waals surface area contributed by atoms with Gasteiger partial charge in [-0.3, -0.25) is 0 Å². The van der Waals surface area contributed by atoms with Crippen molar-refractivity contribution in [2.75, 3.05) is 0 Å². The molecule has 0 N–H and O–H groups in total. The molecule has 0 unspecified atom stereocenters. The van der Waals surface area contributed by atoms with E-state index in [0.29, 0.717) is 11.8 Å². The smallest absolute Gasteiger partial charge is 0.257 e. The maximum absolute atomic E-state index is 5.25. The lowest BCUT2D eigenvalue weighted by molar-refractivity contribution is 0.534. The molecule has 0 radical (unpaired) electrons. The van der Waals surface area contributed by atoms with Gasteiger partial charge in [-0.05, 0) is 28.1 Å². The number of nitrogens with zero attached hydrogens (tertiary/aromatic N) is 2. The van der Waals surface area contributed by atoms with Crippen molar-refractivity contribution in [3.05, 3.63) is 21.8 Å². The molecule has 0 saturated carbocycles. The van der Waals surface area contributed by atoms with Gasteiger partial charge in [-0.15, -0.1) is 21.5 Å². The van der Waals surface area contributed by atoms with E-state index < -0.39 is 0 Å². The van der Waals surface area contributed by atoms with Crippen molar-refractivity contribution in [1.29, 1.82) is 0 Å². The summed E-state index contributed by atoms with van der Waals surface area (Å²) in [5, 5.41) is 7.65. The zero-order chi connectivity index (χ0) is 8.55. The van der Waals surface area contributed by atoms with Gasteiger partial charge in [0.25, 0.3) is 5.89 Å². The first-order valence-electron chi connectivity index (χ1n) is 3.31. The fourth-order valence-corrected chi connectivity index (χ4v) is 2.13. The lowest BCUT2D eigenvalue weighted by atomic mass is 10.5. The highest BCUT2D eigenvalue weighted by Crippen LogP contribution is 2.29. The van der Waals surface area contributed by atoms with Gasteiger partial charge in [0.15, 0.2) is 0 Å². The minimum atomic E-state index is 0.586. The second-order valence-corrected chi connectivity index (χ2v) is 4.69. The molecule has 0 spiro atoms. The standard InChI is InChI=1S/C7H5BrN2OS/c1-4-9-10-7(11-4)5-2-3-6(8)12-5/h2-3H,1H3. The van der Waals surface area contributed by atoms with Gasteiger partial charge >= 0.3 is 0 Å². The van der Waals surface area contributed by atoms with E-state index in [9.17, 15) is 0 Å². The Balaban J connectivity index is 2.43. The largest absolute Gasteiger partial charge is 0.420 e. The van der Waals surface area contributed by atoms with Gasteiger partial charge in [-0.1, -0.05) is 0 Å². The Kier molecular flexibility index (Phi) is 1.98. The Hall–Kier alpha value is -0.680. The molecule has 0 bridgehead atoms. The van der Waals surface area contributed by atoms with E-state index in [1.54, 1.807) is 18.3 Å². The first-order chi connectivity index (χ1) is 5.75. The molecular weight excluding hydrogens is 240 g/mol. The molecule has 3 nitrogen and oxygen atoms in total. The topological polar surface area (TPSA) is 38.9 Å². The number of halogens is 1. The minimum Gasteiger partial charge on any atom is -0.420 e. The predicted molar refractivity (Wildman–Crippen MR) is 50.0 cm³/mol. The van der Waals surface area contributed by atoms with E-state index in [1.165, 1.54) is 0 Å². The van der Waals surface area contributed by atoms with Crippen LogP contribution in [0.25, 0.3) is 10.8 Å². The van der Waals surface area contributed by atoms with E-state index >= 15 is 0 Å². The monoisotopic (exact) mass is 244 g/mol. The lowest BCUT2D eigenvalue weighted by Crippen LogP contribution is -1.70. The zero-order valence-corrected chi connectivity index (χ0v) is 8.65. The van der Waals surface area contributed by atoms with E-state index in [0.717, 1.165) is 8.66 Å². The number of hydrogen-bond donors (Lipinski definition) is 0. The van der Waals surface area contributed by atoms with Crippen LogP contribution in [-0.4, -0.2) is 10.2 Å². The third kappa shape index (κ3) is 1.42. The molecular formula is C7H5BrN2OS. The molecule has 2 aromatic rings. The van der Waals surface area contributed by atoms with Crippen LogP contribution in [0, 0.1) is 6.92 Å². The van der Waals surface area contributed by atoms with Gasteiger partial charge in [-0.25, -0.2) is 0 Å². The summed E-state index contributed by atoms with van der Waals surface area (Å²) in [4.78, 5) is 0.988. The van der Waals surface area contributed by atoms with Crippen LogP contribution in [0.5, 0.6) is 0 Å². The Morgan fingerprint density at radius 2 is 2.25 bits per heavy atom. The van der Waals surface area contributed by atoms with Crippen LogP contribution in [0.1, 0.15) is 5.89 Å². The minimum absolute atomic E-state index is 0.586. The average molecular weight is 245 g/mol. The van der Waals surface area contributed by atoms with Crippen molar-refractivity contribution < 1.29 is 4.42 Å². The van der Waals surface area contributed by atoms with E-state index in [2.05, 4.69) is 26.1 Å². The number of aryl methyl sites for hydroxylation is 1. The number of rotatable bonds is 1. The predicted octanol–water partition coefficient (Wildman–Crippen LogP) is 2.87. The van der Waals surface area contributed by atoms with Crippen LogP contribution < -0.4 is 0 Å². The van der Waals surface area contributed by atoms with Gasteiger partial charge in [-0.2, -0.15) is 0 Å². The number of hydrogen-bond acceptors (Lipinski definition) is 4. The maximum atomic E-state index is 5.25. The molecule has 0 aliphatic rings. The Morgan fingerprint density at radius 3 is 2.75 bits per heavy atom. The SMILES string of the molecule is Cc1nnc(-c2ccc(Br)s2)o1. The van der Waals surface area contributed by atoms with Crippen molar-refractivity contribution in [3.8, 4) is 10.8 Å². The van der Waals surface area contributed by atoms with Crippen LogP contribution in [0.3, 0.4) is 0 Å². The van der Waals surface area contributed by atoms with Crippen LogP contribution >= 0.6 is 27.3 Å². The summed E-state index contributed by atoms with van der Waals surface area (Å²) in [6.07, 6.45) is 0. The Bertz CT molecular complexity index is 357. The highest BCUT2D eigenvalue weighted by molar-refractivity contribution is 9.11. The summed E-state index contributed by atoms with van der Waals surface area (Å²) < 4.78 is 6.31. The molecule has 0 amide bonds. The second-order valence-electron chi connectivity index (χ2n) is 2.23. The lowest BCUT2D eigenvalue weighted by Gasteiger charge is -1.83. The van der Waals surface area contributed by atoms with Crippen molar-refractivity contribution in [3.63, 3.8) is 0 Å². The number of aromatic nitrogens is 2. The van der Waals surface area contributed by atoms with Crippen molar-refractivity contribution >= 4 is 27.3 Å². The molecule has 12 heavy (non-hydrogen) atoms. The molecule has 0 aliphatic carbocycles. The molecule has 2 rings (SSSR count). The van der Waals surface area contributed by atoms with Crippen LogP contribution in [0.2, 0.25) is 0 Å². The molecule has 5 heteroatoms. The second kappa shape index (κ2) is 2.99. The van der Waals surface area contributed by atoms with Crippen molar-refractivity contribution in [2.45, 2.75) is 6.92 Å². The van der Waals surface area contributed by atoms with Gasteiger partial charge in [0.2, 0.25) is 5.89 Å². The van der Waals surface area contributed by atoms with Crippen LogP contribution in [0.4, 0.5) is 0 Å². The normalized spacial score (nSPS) is 10.5. The Morgan fingerprint density at radius 1 is 1.42 bits per heavy atom. The third-order valence-corrected chi connectivity index (χ3v) is 2.92. The van der Waals surface area contributed by atoms with Crippen molar-refractivity contribution in [1.82, 2.24) is 10.2 Å². The summed E-state index contributed by atoms with van der Waals surface area (Å²) in [5.74, 6) is 1.18.